The zero-order chi connectivity index (χ0) is 44.5. The van der Waals surface area contributed by atoms with E-state index in [1.807, 2.05) is 29.5 Å². The number of nitrogens with zero attached hydrogens (tertiary/aromatic N) is 2. The molecule has 13 aromatic rings. The van der Waals surface area contributed by atoms with Crippen LogP contribution in [0.3, 0.4) is 0 Å². The summed E-state index contributed by atoms with van der Waals surface area (Å²) < 4.78 is 14.4. The van der Waals surface area contributed by atoms with Crippen LogP contribution in [0.4, 0.5) is 34.1 Å². The largest absolute Gasteiger partial charge is 0.456 e. The molecule has 0 aliphatic heterocycles. The SMILES string of the molecule is c1ccc(N(c2ccc3c(c2)C2(c4ccccc4-c4ccc(N(c5ccccc5)c5cccc6c5oc5ccccc56)cc42)c2c-3sc3ccccc23)c2ccc3oc4ccccc4c3c2)cc1. The van der Waals surface area contributed by atoms with Crippen LogP contribution in [-0.4, -0.2) is 0 Å². The monoisotopic (exact) mass is 886 g/mol. The Kier molecular flexibility index (Phi) is 7.83. The topological polar surface area (TPSA) is 32.8 Å². The van der Waals surface area contributed by atoms with E-state index < -0.39 is 5.41 Å². The number of fused-ring (bicyclic) bond motifs is 18. The van der Waals surface area contributed by atoms with Gasteiger partial charge in [0.25, 0.3) is 0 Å². The maximum Gasteiger partial charge on any atom is 0.159 e. The van der Waals surface area contributed by atoms with E-state index in [-0.39, 0.29) is 0 Å². The van der Waals surface area contributed by atoms with Gasteiger partial charge in [0.2, 0.25) is 0 Å². The van der Waals surface area contributed by atoms with Crippen molar-refractivity contribution in [2.45, 2.75) is 5.41 Å². The Morgan fingerprint density at radius 1 is 0.338 bits per heavy atom. The van der Waals surface area contributed by atoms with Gasteiger partial charge in [-0.15, -0.1) is 11.3 Å². The summed E-state index contributed by atoms with van der Waals surface area (Å²) in [4.78, 5) is 6.11. The lowest BCUT2D eigenvalue weighted by atomic mass is 9.70. The minimum atomic E-state index is -0.636. The summed E-state index contributed by atoms with van der Waals surface area (Å²) in [5.74, 6) is 0. The molecule has 0 N–H and O–H groups in total. The van der Waals surface area contributed by atoms with Crippen molar-refractivity contribution in [2.75, 3.05) is 9.80 Å². The molecule has 1 spiro atoms. The van der Waals surface area contributed by atoms with Gasteiger partial charge in [-0.3, -0.25) is 0 Å². The molecule has 1 unspecified atom stereocenters. The van der Waals surface area contributed by atoms with E-state index in [1.165, 1.54) is 53.9 Å². The first-order valence-corrected chi connectivity index (χ1v) is 24.0. The third-order valence-corrected chi connectivity index (χ3v) is 15.6. The molecule has 0 fully saturated rings. The zero-order valence-electron chi connectivity index (χ0n) is 36.6. The smallest absolute Gasteiger partial charge is 0.159 e. The second kappa shape index (κ2) is 14.2. The van der Waals surface area contributed by atoms with Crippen molar-refractivity contribution in [1.82, 2.24) is 0 Å². The van der Waals surface area contributed by atoms with Crippen molar-refractivity contribution >= 4 is 99.4 Å². The molecule has 318 valence electrons. The van der Waals surface area contributed by atoms with Gasteiger partial charge in [0.1, 0.15) is 16.7 Å². The highest BCUT2D eigenvalue weighted by molar-refractivity contribution is 7.22. The molecule has 0 bridgehead atoms. The zero-order valence-corrected chi connectivity index (χ0v) is 37.4. The normalized spacial score (nSPS) is 14.5. The first kappa shape index (κ1) is 37.6. The average molecular weight is 887 g/mol. The molecular formula is C63H38N2O2S. The van der Waals surface area contributed by atoms with Gasteiger partial charge in [-0.05, 0) is 135 Å². The van der Waals surface area contributed by atoms with Gasteiger partial charge < -0.3 is 18.6 Å². The number of hydrogen-bond acceptors (Lipinski definition) is 5. The lowest BCUT2D eigenvalue weighted by molar-refractivity contribution is 0.668. The molecule has 15 rings (SSSR count). The molecule has 68 heavy (non-hydrogen) atoms. The van der Waals surface area contributed by atoms with E-state index in [2.05, 4.69) is 222 Å². The number of para-hydroxylation sites is 5. The molecule has 3 heterocycles. The van der Waals surface area contributed by atoms with E-state index in [4.69, 9.17) is 8.83 Å². The van der Waals surface area contributed by atoms with Crippen molar-refractivity contribution in [3.63, 3.8) is 0 Å². The van der Waals surface area contributed by atoms with Crippen LogP contribution in [0.5, 0.6) is 0 Å². The highest BCUT2D eigenvalue weighted by Gasteiger charge is 2.54. The Labute approximate surface area is 395 Å². The van der Waals surface area contributed by atoms with Crippen molar-refractivity contribution in [3.05, 3.63) is 253 Å². The first-order valence-electron chi connectivity index (χ1n) is 23.2. The highest BCUT2D eigenvalue weighted by Crippen LogP contribution is 2.67. The highest BCUT2D eigenvalue weighted by atomic mass is 32.1. The molecule has 0 saturated carbocycles. The number of rotatable bonds is 6. The van der Waals surface area contributed by atoms with Gasteiger partial charge in [0.15, 0.2) is 5.58 Å². The maximum absolute atomic E-state index is 6.77. The van der Waals surface area contributed by atoms with Crippen LogP contribution in [0.2, 0.25) is 0 Å². The Morgan fingerprint density at radius 2 is 0.882 bits per heavy atom. The Balaban J connectivity index is 1.01. The molecule has 0 saturated heterocycles. The quantitative estimate of drug-likeness (QED) is 0.167. The molecule has 0 amide bonds. The van der Waals surface area contributed by atoms with Crippen LogP contribution in [0.1, 0.15) is 22.3 Å². The number of thiophene rings is 1. The molecular weight excluding hydrogens is 849 g/mol. The van der Waals surface area contributed by atoms with E-state index >= 15 is 0 Å². The van der Waals surface area contributed by atoms with E-state index in [0.29, 0.717) is 0 Å². The lowest BCUT2D eigenvalue weighted by Gasteiger charge is -2.33. The summed E-state index contributed by atoms with van der Waals surface area (Å²) in [7, 11) is 0. The summed E-state index contributed by atoms with van der Waals surface area (Å²) in [5, 5.41) is 5.70. The third kappa shape index (κ3) is 5.14. The Bertz CT molecular complexity index is 4180. The van der Waals surface area contributed by atoms with Gasteiger partial charge in [-0.25, -0.2) is 0 Å². The first-order chi connectivity index (χ1) is 33.7. The number of hydrogen-bond donors (Lipinski definition) is 0. The van der Waals surface area contributed by atoms with Gasteiger partial charge >= 0.3 is 0 Å². The fourth-order valence-electron chi connectivity index (χ4n) is 11.7. The van der Waals surface area contributed by atoms with Crippen LogP contribution >= 0.6 is 11.3 Å². The second-order valence-corrected chi connectivity index (χ2v) is 19.0. The van der Waals surface area contributed by atoms with Gasteiger partial charge in [0, 0.05) is 59.6 Å². The summed E-state index contributed by atoms with van der Waals surface area (Å²) in [6.45, 7) is 0. The molecule has 2 aliphatic rings. The minimum Gasteiger partial charge on any atom is -0.456 e. The third-order valence-electron chi connectivity index (χ3n) is 14.4. The Morgan fingerprint density at radius 3 is 1.68 bits per heavy atom. The second-order valence-electron chi connectivity index (χ2n) is 17.9. The van der Waals surface area contributed by atoms with Crippen LogP contribution < -0.4 is 9.80 Å². The van der Waals surface area contributed by atoms with Gasteiger partial charge in [-0.1, -0.05) is 140 Å². The molecule has 2 aliphatic carbocycles. The van der Waals surface area contributed by atoms with E-state index in [1.54, 1.807) is 0 Å². The predicted molar refractivity (Wildman–Crippen MR) is 282 cm³/mol. The average Bonchev–Trinajstić information content (AvgIpc) is 4.20. The Hall–Kier alpha value is -8.64. The standard InChI is InChI=1S/C63H38N2O2S/c1-3-16-39(17-4-1)64(41-32-35-58-51(36-41)47-22-9-12-27-56(47)66-58)42-31-34-49-54(37-42)63(60-50-23-10-14-29-59(50)68-62(49)60)52-25-11-7-20-44(52)45-33-30-43(38-53(45)63)65(40-18-5-2-6-19-40)55-26-15-24-48-46-21-8-13-28-57(46)67-61(48)55/h1-38H. The van der Waals surface area contributed by atoms with Crippen LogP contribution in [0.25, 0.3) is 75.5 Å². The lowest BCUT2D eigenvalue weighted by Crippen LogP contribution is -2.26. The molecule has 1 atom stereocenters. The number of benzene rings is 10. The fraction of sp³-hybridized carbons (Fsp3) is 0.0159. The molecule has 4 nitrogen and oxygen atoms in total. The van der Waals surface area contributed by atoms with Gasteiger partial charge in [0.05, 0.1) is 11.1 Å². The molecule has 3 aromatic heterocycles. The molecule has 10 aromatic carbocycles. The van der Waals surface area contributed by atoms with Crippen molar-refractivity contribution in [2.24, 2.45) is 0 Å². The van der Waals surface area contributed by atoms with Crippen molar-refractivity contribution < 1.29 is 8.83 Å². The van der Waals surface area contributed by atoms with E-state index in [0.717, 1.165) is 78.0 Å². The summed E-state index contributed by atoms with van der Waals surface area (Å²) in [6, 6.07) is 83.7. The van der Waals surface area contributed by atoms with Crippen LogP contribution in [-0.2, 0) is 5.41 Å². The van der Waals surface area contributed by atoms with Crippen LogP contribution in [0, 0.1) is 0 Å². The summed E-state index contributed by atoms with van der Waals surface area (Å²) in [6.07, 6.45) is 0. The van der Waals surface area contributed by atoms with Crippen LogP contribution in [0.15, 0.2) is 239 Å². The van der Waals surface area contributed by atoms with E-state index in [9.17, 15) is 0 Å². The van der Waals surface area contributed by atoms with Crippen molar-refractivity contribution in [1.29, 1.82) is 0 Å². The predicted octanol–water partition coefficient (Wildman–Crippen LogP) is 18.0. The van der Waals surface area contributed by atoms with Crippen molar-refractivity contribution in [3.8, 4) is 21.6 Å². The van der Waals surface area contributed by atoms with Gasteiger partial charge in [-0.2, -0.15) is 0 Å². The number of anilines is 6. The minimum absolute atomic E-state index is 0.636. The fourth-order valence-corrected chi connectivity index (χ4v) is 13.0. The molecule has 5 heteroatoms. The summed E-state index contributed by atoms with van der Waals surface area (Å²) >= 11 is 1.91. The maximum atomic E-state index is 6.77. The number of furan rings is 2. The molecule has 0 radical (unpaired) electrons. The summed E-state index contributed by atoms with van der Waals surface area (Å²) in [5.41, 5.74) is 18.2.